The van der Waals surface area contributed by atoms with Gasteiger partial charge in [-0.05, 0) is 38.0 Å². The first-order chi connectivity index (χ1) is 12.0. The highest BCUT2D eigenvalue weighted by molar-refractivity contribution is 7.89. The molecule has 3 rings (SSSR count). The van der Waals surface area contributed by atoms with Gasteiger partial charge in [0.1, 0.15) is 5.01 Å². The zero-order valence-electron chi connectivity index (χ0n) is 13.9. The van der Waals surface area contributed by atoms with Crippen molar-refractivity contribution in [3.8, 4) is 0 Å². The number of amides is 1. The predicted octanol–water partition coefficient (Wildman–Crippen LogP) is 2.66. The van der Waals surface area contributed by atoms with E-state index in [1.807, 2.05) is 0 Å². The molecule has 0 aliphatic carbocycles. The van der Waals surface area contributed by atoms with Crippen molar-refractivity contribution in [3.05, 3.63) is 34.8 Å². The van der Waals surface area contributed by atoms with Crippen LogP contribution in [0.4, 0.5) is 5.13 Å². The third kappa shape index (κ3) is 4.23. The maximum atomic E-state index is 12.9. The molecule has 1 N–H and O–H groups in total. The van der Waals surface area contributed by atoms with Gasteiger partial charge in [-0.15, -0.1) is 10.2 Å². The predicted molar refractivity (Wildman–Crippen MR) is 96.3 cm³/mol. The van der Waals surface area contributed by atoms with E-state index < -0.39 is 15.9 Å². The summed E-state index contributed by atoms with van der Waals surface area (Å²) in [5, 5.41) is 11.5. The van der Waals surface area contributed by atoms with Crippen LogP contribution in [0.5, 0.6) is 0 Å². The highest BCUT2D eigenvalue weighted by atomic mass is 32.2. The number of nitrogens with one attached hydrogen (secondary N) is 1. The fourth-order valence-electron chi connectivity index (χ4n) is 2.75. The summed E-state index contributed by atoms with van der Waals surface area (Å²) in [4.78, 5) is 12.5. The van der Waals surface area contributed by atoms with E-state index in [-0.39, 0.29) is 10.5 Å². The Morgan fingerprint density at radius 3 is 2.52 bits per heavy atom. The van der Waals surface area contributed by atoms with E-state index in [1.54, 1.807) is 19.1 Å². The second-order valence-electron chi connectivity index (χ2n) is 5.93. The molecule has 0 atom stereocenters. The maximum absolute atomic E-state index is 12.9. The van der Waals surface area contributed by atoms with Crippen molar-refractivity contribution in [1.82, 2.24) is 14.5 Å². The van der Waals surface area contributed by atoms with Crippen molar-refractivity contribution < 1.29 is 13.2 Å². The summed E-state index contributed by atoms with van der Waals surface area (Å²) in [7, 11) is -3.58. The molecule has 1 fully saturated rings. The second-order valence-corrected chi connectivity index (χ2v) is 9.05. The first kappa shape index (κ1) is 18.0. The lowest BCUT2D eigenvalue weighted by atomic mass is 10.2. The Kier molecular flexibility index (Phi) is 5.45. The average Bonchev–Trinajstić information content (AvgIpc) is 2.85. The minimum atomic E-state index is -3.58. The number of nitrogens with zero attached hydrogens (tertiary/aromatic N) is 3. The Labute approximate surface area is 151 Å². The topological polar surface area (TPSA) is 92.3 Å². The fraction of sp³-hybridized carbons (Fsp3) is 0.438. The lowest BCUT2D eigenvalue weighted by Gasteiger charge is -2.20. The molecule has 1 aliphatic rings. The van der Waals surface area contributed by atoms with Crippen molar-refractivity contribution >= 4 is 32.4 Å². The molecular weight excluding hydrogens is 360 g/mol. The number of carbonyl (C=O) groups excluding carboxylic acids is 1. The molecule has 1 aromatic carbocycles. The van der Waals surface area contributed by atoms with E-state index in [1.165, 1.54) is 27.8 Å². The molecule has 0 bridgehead atoms. The SMILES string of the molecule is Cc1nnc(NC(=O)c2cccc(S(=O)(=O)N3CCCCCC3)c2)s1. The van der Waals surface area contributed by atoms with Crippen molar-refractivity contribution in [1.29, 1.82) is 0 Å². The normalized spacial score (nSPS) is 16.4. The number of rotatable bonds is 4. The number of carbonyl (C=O) groups is 1. The number of sulfonamides is 1. The number of aryl methyl sites for hydroxylation is 1. The van der Waals surface area contributed by atoms with Gasteiger partial charge < -0.3 is 0 Å². The molecule has 1 saturated heterocycles. The van der Waals surface area contributed by atoms with Crippen LogP contribution in [0, 0.1) is 6.92 Å². The summed E-state index contributed by atoms with van der Waals surface area (Å²) >= 11 is 1.26. The van der Waals surface area contributed by atoms with Crippen LogP contribution >= 0.6 is 11.3 Å². The van der Waals surface area contributed by atoms with E-state index in [0.29, 0.717) is 18.2 Å². The molecule has 2 heterocycles. The standard InChI is InChI=1S/C16H20N4O3S2/c1-12-18-19-16(24-12)17-15(21)13-7-6-8-14(11-13)25(22,23)20-9-4-2-3-5-10-20/h6-8,11H,2-5,9-10H2,1H3,(H,17,19,21). The number of anilines is 1. The van der Waals surface area contributed by atoms with Crippen molar-refractivity contribution in [2.24, 2.45) is 0 Å². The molecule has 1 aromatic heterocycles. The highest BCUT2D eigenvalue weighted by Gasteiger charge is 2.25. The van der Waals surface area contributed by atoms with E-state index >= 15 is 0 Å². The monoisotopic (exact) mass is 380 g/mol. The first-order valence-electron chi connectivity index (χ1n) is 8.18. The third-order valence-electron chi connectivity index (χ3n) is 4.05. The molecule has 9 heteroatoms. The Balaban J connectivity index is 1.81. The van der Waals surface area contributed by atoms with E-state index in [9.17, 15) is 13.2 Å². The van der Waals surface area contributed by atoms with Gasteiger partial charge >= 0.3 is 0 Å². The molecule has 1 aliphatic heterocycles. The molecule has 0 unspecified atom stereocenters. The molecule has 0 saturated carbocycles. The second kappa shape index (κ2) is 7.59. The molecule has 7 nitrogen and oxygen atoms in total. The summed E-state index contributed by atoms with van der Waals surface area (Å²) in [6.45, 7) is 2.85. The molecule has 0 spiro atoms. The van der Waals surface area contributed by atoms with Gasteiger partial charge in [0.05, 0.1) is 4.90 Å². The van der Waals surface area contributed by atoms with Crippen LogP contribution in [0.1, 0.15) is 41.0 Å². The molecule has 1 amide bonds. The summed E-state index contributed by atoms with van der Waals surface area (Å²) in [6.07, 6.45) is 3.84. The summed E-state index contributed by atoms with van der Waals surface area (Å²) < 4.78 is 27.2. The lowest BCUT2D eigenvalue weighted by Crippen LogP contribution is -2.32. The number of benzene rings is 1. The van der Waals surface area contributed by atoms with Gasteiger partial charge in [0.2, 0.25) is 15.2 Å². The van der Waals surface area contributed by atoms with Gasteiger partial charge in [-0.25, -0.2) is 8.42 Å². The quantitative estimate of drug-likeness (QED) is 0.880. The van der Waals surface area contributed by atoms with Gasteiger partial charge in [0.15, 0.2) is 0 Å². The largest absolute Gasteiger partial charge is 0.296 e. The van der Waals surface area contributed by atoms with Crippen LogP contribution in [0.25, 0.3) is 0 Å². The average molecular weight is 380 g/mol. The van der Waals surface area contributed by atoms with E-state index in [2.05, 4.69) is 15.5 Å². The van der Waals surface area contributed by atoms with Crippen LogP contribution in [-0.2, 0) is 10.0 Å². The Morgan fingerprint density at radius 1 is 1.16 bits per heavy atom. The smallest absolute Gasteiger partial charge is 0.257 e. The van der Waals surface area contributed by atoms with Gasteiger partial charge in [-0.1, -0.05) is 30.2 Å². The zero-order chi connectivity index (χ0) is 17.9. The van der Waals surface area contributed by atoms with Crippen molar-refractivity contribution in [2.45, 2.75) is 37.5 Å². The van der Waals surface area contributed by atoms with Gasteiger partial charge in [-0.2, -0.15) is 4.31 Å². The Morgan fingerprint density at radius 2 is 1.88 bits per heavy atom. The number of aromatic nitrogens is 2. The van der Waals surface area contributed by atoms with Crippen LogP contribution < -0.4 is 5.32 Å². The first-order valence-corrected chi connectivity index (χ1v) is 10.4. The molecule has 0 radical (unpaired) electrons. The summed E-state index contributed by atoms with van der Waals surface area (Å²) in [5.41, 5.74) is 0.281. The van der Waals surface area contributed by atoms with E-state index in [0.717, 1.165) is 30.7 Å². The van der Waals surface area contributed by atoms with Crippen LogP contribution in [0.2, 0.25) is 0 Å². The lowest BCUT2D eigenvalue weighted by molar-refractivity contribution is 0.102. The molecular formula is C16H20N4O3S2. The van der Waals surface area contributed by atoms with E-state index in [4.69, 9.17) is 0 Å². The maximum Gasteiger partial charge on any atom is 0.257 e. The van der Waals surface area contributed by atoms with Gasteiger partial charge in [0, 0.05) is 18.7 Å². The fourth-order valence-corrected chi connectivity index (χ4v) is 4.90. The third-order valence-corrected chi connectivity index (χ3v) is 6.69. The van der Waals surface area contributed by atoms with Crippen molar-refractivity contribution in [2.75, 3.05) is 18.4 Å². The minimum Gasteiger partial charge on any atom is -0.296 e. The van der Waals surface area contributed by atoms with Crippen LogP contribution in [0.3, 0.4) is 0 Å². The minimum absolute atomic E-state index is 0.149. The Bertz CT molecular complexity index is 856. The zero-order valence-corrected chi connectivity index (χ0v) is 15.6. The van der Waals surface area contributed by atoms with Gasteiger partial charge in [0.25, 0.3) is 5.91 Å². The van der Waals surface area contributed by atoms with Crippen molar-refractivity contribution in [3.63, 3.8) is 0 Å². The summed E-state index contributed by atoms with van der Waals surface area (Å²) in [5.74, 6) is -0.399. The molecule has 2 aromatic rings. The van der Waals surface area contributed by atoms with Crippen LogP contribution in [0.15, 0.2) is 29.2 Å². The number of hydrogen-bond acceptors (Lipinski definition) is 6. The molecule has 134 valence electrons. The Hall–Kier alpha value is -1.84. The molecule has 25 heavy (non-hydrogen) atoms. The van der Waals surface area contributed by atoms with Crippen LogP contribution in [-0.4, -0.2) is 41.9 Å². The number of hydrogen-bond donors (Lipinski definition) is 1. The van der Waals surface area contributed by atoms with Gasteiger partial charge in [-0.3, -0.25) is 10.1 Å². The summed E-state index contributed by atoms with van der Waals surface area (Å²) in [6, 6.07) is 6.13. The highest BCUT2D eigenvalue weighted by Crippen LogP contribution is 2.22.